The fraction of sp³-hybridized carbons (Fsp3) is 0.909. The third kappa shape index (κ3) is 3.96. The Kier molecular flexibility index (Phi) is 4.13. The lowest BCUT2D eigenvalue weighted by Crippen LogP contribution is -2.55. The van der Waals surface area contributed by atoms with Gasteiger partial charge in [0, 0.05) is 0 Å². The summed E-state index contributed by atoms with van der Waals surface area (Å²) >= 11 is 0. The molecule has 3 unspecified atom stereocenters. The second kappa shape index (κ2) is 4.99. The minimum Gasteiger partial charge on any atom is -0.444 e. The summed E-state index contributed by atoms with van der Waals surface area (Å²) in [6.07, 6.45) is 0.375. The molecular weight excluding hydrogens is 211 g/mol. The Morgan fingerprint density at radius 1 is 1.44 bits per heavy atom. The van der Waals surface area contributed by atoms with Crippen LogP contribution in [0.2, 0.25) is 0 Å². The van der Waals surface area contributed by atoms with Crippen molar-refractivity contribution in [3.63, 3.8) is 0 Å². The summed E-state index contributed by atoms with van der Waals surface area (Å²) in [5.41, 5.74) is 5.15. The number of carbonyl (C=O) groups excluding carboxylic acids is 1. The Morgan fingerprint density at radius 2 is 2.06 bits per heavy atom. The number of ether oxygens (including phenoxy) is 1. The molecule has 16 heavy (non-hydrogen) atoms. The average molecular weight is 232 g/mol. The number of alkyl carbamates (subject to hydrolysis) is 1. The van der Waals surface area contributed by atoms with Gasteiger partial charge in [-0.25, -0.2) is 9.18 Å². The van der Waals surface area contributed by atoms with Crippen LogP contribution < -0.4 is 11.1 Å². The highest BCUT2D eigenvalue weighted by atomic mass is 19.1. The van der Waals surface area contributed by atoms with Crippen molar-refractivity contribution in [1.82, 2.24) is 5.32 Å². The van der Waals surface area contributed by atoms with Crippen LogP contribution in [0.5, 0.6) is 0 Å². The largest absolute Gasteiger partial charge is 0.444 e. The fourth-order valence-electron chi connectivity index (χ4n) is 1.80. The molecule has 0 aromatic heterocycles. The molecule has 5 heteroatoms. The Bertz CT molecular complexity index is 253. The van der Waals surface area contributed by atoms with Gasteiger partial charge in [0.1, 0.15) is 11.8 Å². The van der Waals surface area contributed by atoms with Gasteiger partial charge in [-0.05, 0) is 40.0 Å². The van der Waals surface area contributed by atoms with Crippen LogP contribution in [0.25, 0.3) is 0 Å². The first-order valence-electron chi connectivity index (χ1n) is 5.69. The molecule has 1 aliphatic carbocycles. The molecule has 1 fully saturated rings. The number of carbonyl (C=O) groups is 1. The van der Waals surface area contributed by atoms with E-state index >= 15 is 0 Å². The van der Waals surface area contributed by atoms with Crippen molar-refractivity contribution < 1.29 is 13.9 Å². The topological polar surface area (TPSA) is 64.3 Å². The molecule has 1 rings (SSSR count). The molecule has 1 aliphatic rings. The first kappa shape index (κ1) is 13.2. The van der Waals surface area contributed by atoms with Crippen LogP contribution in [0.3, 0.4) is 0 Å². The first-order valence-corrected chi connectivity index (χ1v) is 5.69. The number of alkyl halides is 1. The quantitative estimate of drug-likeness (QED) is 0.723. The SMILES string of the molecule is CC(C)(C)OC(=O)NC1CCCC(F)C1N. The Hall–Kier alpha value is -0.840. The number of nitrogens with two attached hydrogens (primary N) is 1. The number of halogens is 1. The maximum atomic E-state index is 13.3. The first-order chi connectivity index (χ1) is 7.29. The maximum absolute atomic E-state index is 13.3. The van der Waals surface area contributed by atoms with Gasteiger partial charge in [0.05, 0.1) is 12.1 Å². The van der Waals surface area contributed by atoms with Crippen LogP contribution in [0.4, 0.5) is 9.18 Å². The summed E-state index contributed by atoms with van der Waals surface area (Å²) in [6.45, 7) is 5.35. The fourth-order valence-corrected chi connectivity index (χ4v) is 1.80. The Labute approximate surface area is 95.7 Å². The van der Waals surface area contributed by atoms with Crippen LogP contribution in [-0.4, -0.2) is 29.9 Å². The summed E-state index contributed by atoms with van der Waals surface area (Å²) in [5, 5.41) is 2.63. The standard InChI is InChI=1S/C11H21FN2O2/c1-11(2,3)16-10(15)14-8-6-4-5-7(12)9(8)13/h7-9H,4-6,13H2,1-3H3,(H,14,15). The van der Waals surface area contributed by atoms with Crippen LogP contribution in [0.15, 0.2) is 0 Å². The molecule has 0 aliphatic heterocycles. The number of hydrogen-bond donors (Lipinski definition) is 2. The zero-order valence-electron chi connectivity index (χ0n) is 10.1. The lowest BCUT2D eigenvalue weighted by atomic mass is 9.89. The Balaban J connectivity index is 2.44. The predicted octanol–water partition coefficient (Wildman–Crippen LogP) is 1.73. The van der Waals surface area contributed by atoms with E-state index in [0.717, 1.165) is 6.42 Å². The minimum atomic E-state index is -1.03. The van der Waals surface area contributed by atoms with Crippen molar-refractivity contribution in [1.29, 1.82) is 0 Å². The highest BCUT2D eigenvalue weighted by Gasteiger charge is 2.32. The molecule has 0 aromatic carbocycles. The van der Waals surface area contributed by atoms with E-state index in [2.05, 4.69) is 5.32 Å². The van der Waals surface area contributed by atoms with Gasteiger partial charge in [-0.3, -0.25) is 0 Å². The van der Waals surface area contributed by atoms with E-state index in [9.17, 15) is 9.18 Å². The molecule has 0 heterocycles. The van der Waals surface area contributed by atoms with Gasteiger partial charge in [0.15, 0.2) is 0 Å². The highest BCUT2D eigenvalue weighted by molar-refractivity contribution is 5.68. The molecular formula is C11H21FN2O2. The van der Waals surface area contributed by atoms with Crippen LogP contribution >= 0.6 is 0 Å². The van der Waals surface area contributed by atoms with Crippen molar-refractivity contribution in [3.8, 4) is 0 Å². The number of amides is 1. The van der Waals surface area contributed by atoms with Crippen molar-refractivity contribution in [2.24, 2.45) is 5.73 Å². The van der Waals surface area contributed by atoms with Crippen molar-refractivity contribution in [2.45, 2.75) is 63.9 Å². The van der Waals surface area contributed by atoms with E-state index in [1.54, 1.807) is 20.8 Å². The van der Waals surface area contributed by atoms with E-state index < -0.39 is 23.9 Å². The van der Waals surface area contributed by atoms with E-state index in [-0.39, 0.29) is 6.04 Å². The van der Waals surface area contributed by atoms with E-state index in [1.807, 2.05) is 0 Å². The maximum Gasteiger partial charge on any atom is 0.407 e. The van der Waals surface area contributed by atoms with Gasteiger partial charge in [-0.2, -0.15) is 0 Å². The molecule has 0 spiro atoms. The van der Waals surface area contributed by atoms with Crippen LogP contribution in [0, 0.1) is 0 Å². The van der Waals surface area contributed by atoms with Gasteiger partial charge in [-0.1, -0.05) is 0 Å². The van der Waals surface area contributed by atoms with Gasteiger partial charge < -0.3 is 15.8 Å². The minimum absolute atomic E-state index is 0.321. The van der Waals surface area contributed by atoms with Crippen molar-refractivity contribution in [3.05, 3.63) is 0 Å². The molecule has 0 bridgehead atoms. The van der Waals surface area contributed by atoms with Gasteiger partial charge >= 0.3 is 6.09 Å². The normalized spacial score (nSPS) is 30.9. The predicted molar refractivity (Wildman–Crippen MR) is 59.9 cm³/mol. The molecule has 3 atom stereocenters. The third-order valence-corrected chi connectivity index (χ3v) is 2.58. The number of hydrogen-bond acceptors (Lipinski definition) is 3. The summed E-state index contributed by atoms with van der Waals surface area (Å²) in [5.74, 6) is 0. The summed E-state index contributed by atoms with van der Waals surface area (Å²) in [6, 6.07) is -0.945. The van der Waals surface area contributed by atoms with E-state index in [1.165, 1.54) is 0 Å². The molecule has 0 aromatic rings. The van der Waals surface area contributed by atoms with Gasteiger partial charge in [0.25, 0.3) is 0 Å². The lowest BCUT2D eigenvalue weighted by Gasteiger charge is -2.32. The molecule has 1 amide bonds. The summed E-state index contributed by atoms with van der Waals surface area (Å²) in [7, 11) is 0. The molecule has 3 N–H and O–H groups in total. The van der Waals surface area contributed by atoms with Crippen LogP contribution in [0.1, 0.15) is 40.0 Å². The van der Waals surface area contributed by atoms with Crippen molar-refractivity contribution >= 4 is 6.09 Å². The van der Waals surface area contributed by atoms with E-state index in [0.29, 0.717) is 12.8 Å². The smallest absolute Gasteiger partial charge is 0.407 e. The van der Waals surface area contributed by atoms with Gasteiger partial charge in [0.2, 0.25) is 0 Å². The van der Waals surface area contributed by atoms with Crippen molar-refractivity contribution in [2.75, 3.05) is 0 Å². The Morgan fingerprint density at radius 3 is 2.62 bits per heavy atom. The van der Waals surface area contributed by atoms with E-state index in [4.69, 9.17) is 10.5 Å². The second-order valence-corrected chi connectivity index (χ2v) is 5.28. The molecule has 0 radical (unpaired) electrons. The molecule has 94 valence electrons. The summed E-state index contributed by atoms with van der Waals surface area (Å²) < 4.78 is 18.4. The third-order valence-electron chi connectivity index (χ3n) is 2.58. The highest BCUT2D eigenvalue weighted by Crippen LogP contribution is 2.20. The monoisotopic (exact) mass is 232 g/mol. The number of rotatable bonds is 1. The van der Waals surface area contributed by atoms with Crippen LogP contribution in [-0.2, 0) is 4.74 Å². The zero-order valence-corrected chi connectivity index (χ0v) is 10.1. The zero-order chi connectivity index (χ0) is 12.3. The van der Waals surface area contributed by atoms with Gasteiger partial charge in [-0.15, -0.1) is 0 Å². The summed E-state index contributed by atoms with van der Waals surface area (Å²) in [4.78, 5) is 11.5. The average Bonchev–Trinajstić information content (AvgIpc) is 2.09. The number of nitrogens with one attached hydrogen (secondary N) is 1. The molecule has 1 saturated carbocycles. The lowest BCUT2D eigenvalue weighted by molar-refractivity contribution is 0.0465. The molecule has 4 nitrogen and oxygen atoms in total. The molecule has 0 saturated heterocycles. The second-order valence-electron chi connectivity index (χ2n) is 5.28.